The van der Waals surface area contributed by atoms with E-state index in [2.05, 4.69) is 10.6 Å². The van der Waals surface area contributed by atoms with E-state index in [4.69, 9.17) is 9.47 Å². The van der Waals surface area contributed by atoms with Gasteiger partial charge in [-0.05, 0) is 30.5 Å². The van der Waals surface area contributed by atoms with E-state index in [0.717, 1.165) is 31.2 Å². The number of carbonyl (C=O) groups is 2. The summed E-state index contributed by atoms with van der Waals surface area (Å²) in [7, 11) is 3.13. The molecule has 1 aliphatic rings. The van der Waals surface area contributed by atoms with Crippen LogP contribution in [0.25, 0.3) is 0 Å². The Balaban J connectivity index is 1.78. The Morgan fingerprint density at radius 1 is 1.09 bits per heavy atom. The third kappa shape index (κ3) is 5.16. The second-order valence-electron chi connectivity index (χ2n) is 5.69. The van der Waals surface area contributed by atoms with Gasteiger partial charge >= 0.3 is 0 Å². The first kappa shape index (κ1) is 17.1. The summed E-state index contributed by atoms with van der Waals surface area (Å²) in [5.74, 6) is 0.758. The molecule has 0 saturated heterocycles. The maximum absolute atomic E-state index is 11.9. The van der Waals surface area contributed by atoms with Crippen LogP contribution in [0, 0.1) is 0 Å². The van der Waals surface area contributed by atoms with Crippen molar-refractivity contribution >= 4 is 11.8 Å². The number of benzene rings is 1. The van der Waals surface area contributed by atoms with Crippen LogP contribution in [0.5, 0.6) is 11.5 Å². The zero-order valence-corrected chi connectivity index (χ0v) is 13.7. The normalized spacial score (nSPS) is 14.3. The van der Waals surface area contributed by atoms with E-state index < -0.39 is 0 Å². The van der Waals surface area contributed by atoms with E-state index in [1.165, 1.54) is 0 Å². The van der Waals surface area contributed by atoms with Gasteiger partial charge in [-0.1, -0.05) is 18.9 Å². The number of ether oxygens (including phenoxy) is 2. The van der Waals surface area contributed by atoms with Gasteiger partial charge in [0.15, 0.2) is 11.5 Å². The molecule has 2 N–H and O–H groups in total. The lowest BCUT2D eigenvalue weighted by molar-refractivity contribution is -0.129. The van der Waals surface area contributed by atoms with Crippen LogP contribution in [-0.2, 0) is 16.1 Å². The van der Waals surface area contributed by atoms with E-state index in [9.17, 15) is 9.59 Å². The van der Waals surface area contributed by atoms with Gasteiger partial charge in [0.1, 0.15) is 6.42 Å². The lowest BCUT2D eigenvalue weighted by Crippen LogP contribution is -2.36. The van der Waals surface area contributed by atoms with Gasteiger partial charge in [-0.2, -0.15) is 0 Å². The second-order valence-corrected chi connectivity index (χ2v) is 5.69. The van der Waals surface area contributed by atoms with Crippen LogP contribution in [0.3, 0.4) is 0 Å². The van der Waals surface area contributed by atoms with Gasteiger partial charge in [0.25, 0.3) is 0 Å². The molecule has 0 bridgehead atoms. The second kappa shape index (κ2) is 8.41. The lowest BCUT2D eigenvalue weighted by atomic mass is 10.2. The van der Waals surface area contributed by atoms with Crippen LogP contribution in [0.15, 0.2) is 18.2 Å². The number of methoxy groups -OCH3 is 2. The van der Waals surface area contributed by atoms with Crippen LogP contribution in [0.2, 0.25) is 0 Å². The van der Waals surface area contributed by atoms with Gasteiger partial charge in [0, 0.05) is 12.6 Å². The van der Waals surface area contributed by atoms with E-state index in [-0.39, 0.29) is 24.3 Å². The quantitative estimate of drug-likeness (QED) is 0.751. The monoisotopic (exact) mass is 320 g/mol. The molecule has 1 fully saturated rings. The van der Waals surface area contributed by atoms with E-state index >= 15 is 0 Å². The first-order valence-corrected chi connectivity index (χ1v) is 7.89. The molecule has 0 aromatic heterocycles. The van der Waals surface area contributed by atoms with Crippen molar-refractivity contribution in [3.63, 3.8) is 0 Å². The first-order chi connectivity index (χ1) is 11.1. The summed E-state index contributed by atoms with van der Waals surface area (Å²) >= 11 is 0. The van der Waals surface area contributed by atoms with Gasteiger partial charge in [-0.3, -0.25) is 9.59 Å². The van der Waals surface area contributed by atoms with Crippen LogP contribution < -0.4 is 20.1 Å². The Morgan fingerprint density at radius 3 is 2.43 bits per heavy atom. The SMILES string of the molecule is COc1ccc(CNC(=O)CC(=O)NC2CCCC2)cc1OC. The molecule has 23 heavy (non-hydrogen) atoms. The summed E-state index contributed by atoms with van der Waals surface area (Å²) in [5.41, 5.74) is 0.882. The molecule has 0 spiro atoms. The minimum absolute atomic E-state index is 0.135. The predicted octanol–water partition coefficient (Wildman–Crippen LogP) is 1.77. The van der Waals surface area contributed by atoms with Gasteiger partial charge in [-0.15, -0.1) is 0 Å². The van der Waals surface area contributed by atoms with Gasteiger partial charge in [-0.25, -0.2) is 0 Å². The molecule has 6 nitrogen and oxygen atoms in total. The van der Waals surface area contributed by atoms with Crippen molar-refractivity contribution in [1.82, 2.24) is 10.6 Å². The van der Waals surface area contributed by atoms with Gasteiger partial charge in [0.2, 0.25) is 11.8 Å². The summed E-state index contributed by atoms with van der Waals surface area (Å²) in [6.45, 7) is 0.343. The van der Waals surface area contributed by atoms with Crippen molar-refractivity contribution in [2.45, 2.75) is 44.7 Å². The zero-order valence-electron chi connectivity index (χ0n) is 13.7. The third-order valence-corrected chi connectivity index (χ3v) is 3.98. The Morgan fingerprint density at radius 2 is 1.78 bits per heavy atom. The minimum Gasteiger partial charge on any atom is -0.493 e. The third-order valence-electron chi connectivity index (χ3n) is 3.98. The fraction of sp³-hybridized carbons (Fsp3) is 0.529. The molecule has 1 aromatic rings. The van der Waals surface area contributed by atoms with Gasteiger partial charge < -0.3 is 20.1 Å². The maximum Gasteiger partial charge on any atom is 0.229 e. The van der Waals surface area contributed by atoms with Crippen molar-refractivity contribution in [1.29, 1.82) is 0 Å². The Bertz CT molecular complexity index is 554. The Kier molecular flexibility index (Phi) is 6.26. The first-order valence-electron chi connectivity index (χ1n) is 7.89. The van der Waals surface area contributed by atoms with Crippen molar-refractivity contribution < 1.29 is 19.1 Å². The summed E-state index contributed by atoms with van der Waals surface area (Å²) in [6.07, 6.45) is 4.19. The fourth-order valence-electron chi connectivity index (χ4n) is 2.75. The number of rotatable bonds is 7. The maximum atomic E-state index is 11.9. The van der Waals surface area contributed by atoms with Crippen LogP contribution in [0.4, 0.5) is 0 Å². The summed E-state index contributed by atoms with van der Waals surface area (Å²) in [6, 6.07) is 5.67. The predicted molar refractivity (Wildman–Crippen MR) is 86.4 cm³/mol. The highest BCUT2D eigenvalue weighted by Gasteiger charge is 2.18. The number of carbonyl (C=O) groups excluding carboxylic acids is 2. The number of amides is 2. The minimum atomic E-state index is -0.282. The summed E-state index contributed by atoms with van der Waals surface area (Å²) in [5, 5.41) is 5.65. The highest BCUT2D eigenvalue weighted by molar-refractivity contribution is 5.96. The summed E-state index contributed by atoms with van der Waals surface area (Å²) in [4.78, 5) is 23.6. The molecule has 6 heteroatoms. The molecule has 2 amide bonds. The molecular formula is C17H24N2O4. The average molecular weight is 320 g/mol. The van der Waals surface area contributed by atoms with Crippen LogP contribution >= 0.6 is 0 Å². The van der Waals surface area contributed by atoms with Crippen molar-refractivity contribution in [2.75, 3.05) is 14.2 Å². The Hall–Kier alpha value is -2.24. The van der Waals surface area contributed by atoms with Crippen LogP contribution in [0.1, 0.15) is 37.7 Å². The van der Waals surface area contributed by atoms with Crippen molar-refractivity contribution in [3.05, 3.63) is 23.8 Å². The highest BCUT2D eigenvalue weighted by atomic mass is 16.5. The lowest BCUT2D eigenvalue weighted by Gasteiger charge is -2.12. The largest absolute Gasteiger partial charge is 0.493 e. The van der Waals surface area contributed by atoms with E-state index in [1.807, 2.05) is 6.07 Å². The van der Waals surface area contributed by atoms with Gasteiger partial charge in [0.05, 0.1) is 14.2 Å². The van der Waals surface area contributed by atoms with Crippen LogP contribution in [-0.4, -0.2) is 32.1 Å². The standard InChI is InChI=1S/C17H24N2O4/c1-22-14-8-7-12(9-15(14)23-2)11-18-16(20)10-17(21)19-13-5-3-4-6-13/h7-9,13H,3-6,10-11H2,1-2H3,(H,18,20)(H,19,21). The molecule has 1 aromatic carbocycles. The van der Waals surface area contributed by atoms with E-state index in [0.29, 0.717) is 18.0 Å². The smallest absolute Gasteiger partial charge is 0.229 e. The summed E-state index contributed by atoms with van der Waals surface area (Å²) < 4.78 is 10.4. The molecular weight excluding hydrogens is 296 g/mol. The molecule has 0 radical (unpaired) electrons. The van der Waals surface area contributed by atoms with E-state index in [1.54, 1.807) is 26.4 Å². The molecule has 0 atom stereocenters. The van der Waals surface area contributed by atoms with Crippen molar-refractivity contribution in [3.8, 4) is 11.5 Å². The molecule has 1 aliphatic carbocycles. The highest BCUT2D eigenvalue weighted by Crippen LogP contribution is 2.27. The number of hydrogen-bond donors (Lipinski definition) is 2. The molecule has 126 valence electrons. The zero-order chi connectivity index (χ0) is 16.7. The topological polar surface area (TPSA) is 76.7 Å². The van der Waals surface area contributed by atoms with Crippen molar-refractivity contribution in [2.24, 2.45) is 0 Å². The molecule has 0 unspecified atom stereocenters. The molecule has 0 aliphatic heterocycles. The molecule has 2 rings (SSSR count). The number of hydrogen-bond acceptors (Lipinski definition) is 4. The Labute approximate surface area is 136 Å². The molecule has 1 saturated carbocycles. The average Bonchev–Trinajstić information content (AvgIpc) is 3.05. The number of nitrogens with one attached hydrogen (secondary N) is 2. The molecule has 0 heterocycles. The fourth-order valence-corrected chi connectivity index (χ4v) is 2.75.